The zero-order chi connectivity index (χ0) is 11.6. The topological polar surface area (TPSA) is 41.1 Å². The van der Waals surface area contributed by atoms with E-state index in [9.17, 15) is 0 Å². The van der Waals surface area contributed by atoms with E-state index >= 15 is 0 Å². The largest absolute Gasteiger partial charge is 0.314 e. The van der Waals surface area contributed by atoms with Crippen LogP contribution in [-0.4, -0.2) is 40.0 Å². The highest BCUT2D eigenvalue weighted by molar-refractivity contribution is 5.01. The summed E-state index contributed by atoms with van der Waals surface area (Å²) in [6.45, 7) is 4.26. The molecule has 4 nitrogen and oxygen atoms in total. The summed E-state index contributed by atoms with van der Waals surface area (Å²) in [5, 5.41) is 3.55. The summed E-state index contributed by atoms with van der Waals surface area (Å²) in [7, 11) is 0. The van der Waals surface area contributed by atoms with E-state index in [1.165, 1.54) is 25.7 Å². The average Bonchev–Trinajstić information content (AvgIpc) is 2.83. The molecule has 1 aromatic rings. The minimum atomic E-state index is 0.386. The first-order valence-electron chi connectivity index (χ1n) is 6.61. The van der Waals surface area contributed by atoms with Crippen molar-refractivity contribution in [2.45, 2.75) is 37.8 Å². The Bertz CT molecular complexity index is 359. The van der Waals surface area contributed by atoms with Gasteiger partial charge in [0.05, 0.1) is 6.54 Å². The SMILES string of the molecule is c1cnc(CN2CCNCC23CCCC3)nc1. The van der Waals surface area contributed by atoms with E-state index in [0.717, 1.165) is 32.0 Å². The zero-order valence-corrected chi connectivity index (χ0v) is 10.2. The smallest absolute Gasteiger partial charge is 0.142 e. The second-order valence-corrected chi connectivity index (χ2v) is 5.19. The third-order valence-electron chi connectivity index (χ3n) is 4.17. The van der Waals surface area contributed by atoms with Crippen LogP contribution in [0.3, 0.4) is 0 Å². The van der Waals surface area contributed by atoms with Gasteiger partial charge in [-0.2, -0.15) is 0 Å². The van der Waals surface area contributed by atoms with E-state index < -0.39 is 0 Å². The molecule has 4 heteroatoms. The number of hydrogen-bond acceptors (Lipinski definition) is 4. The van der Waals surface area contributed by atoms with Crippen LogP contribution >= 0.6 is 0 Å². The lowest BCUT2D eigenvalue weighted by atomic mass is 9.93. The van der Waals surface area contributed by atoms with Crippen molar-refractivity contribution < 1.29 is 0 Å². The van der Waals surface area contributed by atoms with Crippen LogP contribution in [-0.2, 0) is 6.54 Å². The highest BCUT2D eigenvalue weighted by Crippen LogP contribution is 2.36. The van der Waals surface area contributed by atoms with Crippen molar-refractivity contribution in [2.75, 3.05) is 19.6 Å². The lowest BCUT2D eigenvalue weighted by molar-refractivity contribution is 0.0548. The van der Waals surface area contributed by atoms with E-state index in [0.29, 0.717) is 5.54 Å². The van der Waals surface area contributed by atoms with Crippen LogP contribution in [0, 0.1) is 0 Å². The van der Waals surface area contributed by atoms with Crippen LogP contribution < -0.4 is 5.32 Å². The molecule has 0 amide bonds. The summed E-state index contributed by atoms with van der Waals surface area (Å²) in [5.41, 5.74) is 0.386. The first kappa shape index (κ1) is 11.1. The Balaban J connectivity index is 1.76. The van der Waals surface area contributed by atoms with Gasteiger partial charge in [-0.3, -0.25) is 4.90 Å². The predicted octanol–water partition coefficient (Wildman–Crippen LogP) is 1.19. The highest BCUT2D eigenvalue weighted by atomic mass is 15.3. The Morgan fingerprint density at radius 3 is 2.76 bits per heavy atom. The van der Waals surface area contributed by atoms with E-state index in [1.807, 2.05) is 18.5 Å². The van der Waals surface area contributed by atoms with Gasteiger partial charge in [0.15, 0.2) is 0 Å². The fourth-order valence-electron chi connectivity index (χ4n) is 3.24. The molecule has 0 unspecified atom stereocenters. The molecule has 0 aromatic carbocycles. The number of nitrogens with one attached hydrogen (secondary N) is 1. The molecule has 17 heavy (non-hydrogen) atoms. The third-order valence-corrected chi connectivity index (χ3v) is 4.17. The molecule has 1 saturated carbocycles. The van der Waals surface area contributed by atoms with E-state index in [1.54, 1.807) is 0 Å². The Labute approximate surface area is 102 Å². The van der Waals surface area contributed by atoms with Gasteiger partial charge in [-0.15, -0.1) is 0 Å². The van der Waals surface area contributed by atoms with E-state index in [-0.39, 0.29) is 0 Å². The number of hydrogen-bond donors (Lipinski definition) is 1. The molecule has 1 saturated heterocycles. The van der Waals surface area contributed by atoms with Crippen LogP contribution in [0.2, 0.25) is 0 Å². The van der Waals surface area contributed by atoms with Crippen LogP contribution in [0.4, 0.5) is 0 Å². The van der Waals surface area contributed by atoms with Crippen molar-refractivity contribution in [3.63, 3.8) is 0 Å². The van der Waals surface area contributed by atoms with Gasteiger partial charge < -0.3 is 5.32 Å². The van der Waals surface area contributed by atoms with Crippen molar-refractivity contribution in [1.82, 2.24) is 20.2 Å². The molecule has 1 aliphatic carbocycles. The van der Waals surface area contributed by atoms with Crippen molar-refractivity contribution >= 4 is 0 Å². The molecular weight excluding hydrogens is 212 g/mol. The minimum Gasteiger partial charge on any atom is -0.314 e. The average molecular weight is 232 g/mol. The second kappa shape index (κ2) is 4.70. The first-order valence-corrected chi connectivity index (χ1v) is 6.61. The van der Waals surface area contributed by atoms with Gasteiger partial charge >= 0.3 is 0 Å². The summed E-state index contributed by atoms with van der Waals surface area (Å²) in [6, 6.07) is 1.88. The predicted molar refractivity (Wildman–Crippen MR) is 66.5 cm³/mol. The lowest BCUT2D eigenvalue weighted by Crippen LogP contribution is -2.59. The van der Waals surface area contributed by atoms with Gasteiger partial charge in [-0.25, -0.2) is 9.97 Å². The first-order chi connectivity index (χ1) is 8.39. The molecule has 0 atom stereocenters. The number of rotatable bonds is 2. The van der Waals surface area contributed by atoms with Gasteiger partial charge in [-0.05, 0) is 18.9 Å². The van der Waals surface area contributed by atoms with Crippen molar-refractivity contribution in [1.29, 1.82) is 0 Å². The Hall–Kier alpha value is -1.00. The lowest BCUT2D eigenvalue weighted by Gasteiger charge is -2.45. The maximum atomic E-state index is 4.35. The second-order valence-electron chi connectivity index (χ2n) is 5.19. The summed E-state index contributed by atoms with van der Waals surface area (Å²) in [5.74, 6) is 0.959. The Morgan fingerprint density at radius 2 is 2.00 bits per heavy atom. The molecule has 1 aromatic heterocycles. The van der Waals surface area contributed by atoms with Crippen LogP contribution in [0.1, 0.15) is 31.5 Å². The standard InChI is InChI=1S/C13H20N4/c1-2-5-13(4-1)11-14-8-9-17(13)10-12-15-6-3-7-16-12/h3,6-7,14H,1-2,4-5,8-11H2. The summed E-state index contributed by atoms with van der Waals surface area (Å²) >= 11 is 0. The molecule has 2 fully saturated rings. The van der Waals surface area contributed by atoms with Crippen molar-refractivity contribution in [3.05, 3.63) is 24.3 Å². The van der Waals surface area contributed by atoms with Crippen LogP contribution in [0.5, 0.6) is 0 Å². The van der Waals surface area contributed by atoms with Crippen molar-refractivity contribution in [3.8, 4) is 0 Å². The molecule has 2 aliphatic rings. The molecule has 1 aliphatic heterocycles. The Morgan fingerprint density at radius 1 is 1.24 bits per heavy atom. The molecule has 1 spiro atoms. The van der Waals surface area contributed by atoms with Gasteiger partial charge in [-0.1, -0.05) is 12.8 Å². The highest BCUT2D eigenvalue weighted by Gasteiger charge is 2.41. The zero-order valence-electron chi connectivity index (χ0n) is 10.2. The van der Waals surface area contributed by atoms with E-state index in [4.69, 9.17) is 0 Å². The molecule has 92 valence electrons. The monoisotopic (exact) mass is 232 g/mol. The number of aromatic nitrogens is 2. The minimum absolute atomic E-state index is 0.386. The van der Waals surface area contributed by atoms with E-state index in [2.05, 4.69) is 20.2 Å². The maximum absolute atomic E-state index is 4.35. The van der Waals surface area contributed by atoms with Crippen LogP contribution in [0.25, 0.3) is 0 Å². The summed E-state index contributed by atoms with van der Waals surface area (Å²) in [4.78, 5) is 11.3. The normalized spacial score (nSPS) is 24.2. The molecule has 0 bridgehead atoms. The number of nitrogens with zero attached hydrogens (tertiary/aromatic N) is 3. The summed E-state index contributed by atoms with van der Waals surface area (Å²) in [6.07, 6.45) is 9.07. The quantitative estimate of drug-likeness (QED) is 0.831. The number of piperazine rings is 1. The van der Waals surface area contributed by atoms with Gasteiger partial charge in [0.25, 0.3) is 0 Å². The maximum Gasteiger partial charge on any atom is 0.142 e. The molecule has 2 heterocycles. The Kier molecular flexibility index (Phi) is 3.07. The molecule has 1 N–H and O–H groups in total. The van der Waals surface area contributed by atoms with Gasteiger partial charge in [0.2, 0.25) is 0 Å². The summed E-state index contributed by atoms with van der Waals surface area (Å²) < 4.78 is 0. The van der Waals surface area contributed by atoms with Crippen LogP contribution in [0.15, 0.2) is 18.5 Å². The molecular formula is C13H20N4. The molecule has 0 radical (unpaired) electrons. The van der Waals surface area contributed by atoms with Gasteiger partial charge in [0.1, 0.15) is 5.82 Å². The van der Waals surface area contributed by atoms with Gasteiger partial charge in [0, 0.05) is 37.6 Å². The fraction of sp³-hybridized carbons (Fsp3) is 0.692. The molecule has 3 rings (SSSR count). The fourth-order valence-corrected chi connectivity index (χ4v) is 3.24. The third kappa shape index (κ3) is 2.19. The van der Waals surface area contributed by atoms with Crippen molar-refractivity contribution in [2.24, 2.45) is 0 Å².